The van der Waals surface area contributed by atoms with E-state index in [0.717, 1.165) is 11.0 Å². The second-order valence-electron chi connectivity index (χ2n) is 6.52. The van der Waals surface area contributed by atoms with Crippen LogP contribution in [0, 0.1) is 6.92 Å². The number of imidazole rings is 1. The van der Waals surface area contributed by atoms with Crippen LogP contribution in [-0.2, 0) is 16.1 Å². The number of nitrogens with one attached hydrogen (secondary N) is 1. The minimum absolute atomic E-state index is 0.0811. The van der Waals surface area contributed by atoms with E-state index in [1.165, 1.54) is 4.90 Å². The van der Waals surface area contributed by atoms with Crippen molar-refractivity contribution in [2.75, 3.05) is 10.2 Å². The average Bonchev–Trinajstić information content (AvgIpc) is 3.14. The van der Waals surface area contributed by atoms with Gasteiger partial charge in [0.15, 0.2) is 0 Å². The Labute approximate surface area is 161 Å². The molecule has 6 nitrogen and oxygen atoms in total. The average molecular weight is 383 g/mol. The molecule has 0 spiro atoms. The zero-order valence-electron chi connectivity index (χ0n) is 15.1. The Morgan fingerprint density at radius 1 is 1.19 bits per heavy atom. The van der Waals surface area contributed by atoms with Gasteiger partial charge in [-0.05, 0) is 43.7 Å². The van der Waals surface area contributed by atoms with Crippen molar-refractivity contribution in [1.82, 2.24) is 9.55 Å². The Kier molecular flexibility index (Phi) is 4.36. The maximum atomic E-state index is 13.0. The van der Waals surface area contributed by atoms with Crippen LogP contribution in [0.5, 0.6) is 0 Å². The minimum atomic E-state index is -0.655. The lowest BCUT2D eigenvalue weighted by molar-refractivity contribution is -0.121. The molecule has 0 bridgehead atoms. The van der Waals surface area contributed by atoms with Gasteiger partial charge in [-0.2, -0.15) is 0 Å². The molecule has 1 atom stereocenters. The van der Waals surface area contributed by atoms with Crippen LogP contribution >= 0.6 is 11.6 Å². The van der Waals surface area contributed by atoms with Crippen LogP contribution in [0.1, 0.15) is 18.9 Å². The third kappa shape index (κ3) is 2.86. The molecule has 3 aromatic rings. The topological polar surface area (TPSA) is 67.2 Å². The van der Waals surface area contributed by atoms with Gasteiger partial charge in [0.1, 0.15) is 6.04 Å². The lowest BCUT2D eigenvalue weighted by Gasteiger charge is -2.18. The third-order valence-corrected chi connectivity index (χ3v) is 5.31. The molecule has 1 aliphatic rings. The van der Waals surface area contributed by atoms with Crippen LogP contribution in [-0.4, -0.2) is 27.4 Å². The van der Waals surface area contributed by atoms with E-state index in [9.17, 15) is 9.59 Å². The predicted molar refractivity (Wildman–Crippen MR) is 106 cm³/mol. The van der Waals surface area contributed by atoms with Crippen LogP contribution in [0.2, 0.25) is 5.02 Å². The molecule has 1 saturated heterocycles. The number of imide groups is 1. The van der Waals surface area contributed by atoms with Gasteiger partial charge in [0, 0.05) is 11.6 Å². The Hall–Kier alpha value is -2.86. The molecule has 138 valence electrons. The number of aromatic nitrogens is 2. The Morgan fingerprint density at radius 2 is 1.96 bits per heavy atom. The van der Waals surface area contributed by atoms with Crippen LogP contribution in [0.4, 0.5) is 11.6 Å². The summed E-state index contributed by atoms with van der Waals surface area (Å²) in [5.41, 5.74) is 3.08. The number of hydrogen-bond acceptors (Lipinski definition) is 4. The summed E-state index contributed by atoms with van der Waals surface area (Å²) in [6, 6.07) is 12.4. The van der Waals surface area contributed by atoms with E-state index in [4.69, 9.17) is 11.6 Å². The molecule has 0 aliphatic carbocycles. The van der Waals surface area contributed by atoms with E-state index in [-0.39, 0.29) is 18.2 Å². The normalized spacial score (nSPS) is 17.1. The van der Waals surface area contributed by atoms with Gasteiger partial charge in [0.2, 0.25) is 11.9 Å². The van der Waals surface area contributed by atoms with Crippen molar-refractivity contribution < 1.29 is 9.59 Å². The van der Waals surface area contributed by atoms with E-state index in [0.29, 0.717) is 28.8 Å². The van der Waals surface area contributed by atoms with E-state index in [2.05, 4.69) is 10.3 Å². The highest BCUT2D eigenvalue weighted by atomic mass is 35.5. The Morgan fingerprint density at radius 3 is 2.74 bits per heavy atom. The number of amides is 2. The van der Waals surface area contributed by atoms with Gasteiger partial charge in [-0.3, -0.25) is 9.59 Å². The first-order chi connectivity index (χ1) is 13.0. The molecule has 1 aliphatic heterocycles. The number of carbonyl (C=O) groups is 2. The fourth-order valence-corrected chi connectivity index (χ4v) is 3.67. The quantitative estimate of drug-likeness (QED) is 0.697. The highest BCUT2D eigenvalue weighted by Gasteiger charge is 2.41. The molecule has 0 saturated carbocycles. The van der Waals surface area contributed by atoms with Gasteiger partial charge in [-0.1, -0.05) is 29.8 Å². The first-order valence-electron chi connectivity index (χ1n) is 8.85. The zero-order valence-corrected chi connectivity index (χ0v) is 15.8. The van der Waals surface area contributed by atoms with E-state index >= 15 is 0 Å². The molecule has 7 heteroatoms. The van der Waals surface area contributed by atoms with Gasteiger partial charge in [0.25, 0.3) is 5.91 Å². The van der Waals surface area contributed by atoms with Crippen molar-refractivity contribution in [3.8, 4) is 0 Å². The van der Waals surface area contributed by atoms with Crippen LogP contribution in [0.3, 0.4) is 0 Å². The van der Waals surface area contributed by atoms with Crippen molar-refractivity contribution >= 4 is 46.1 Å². The fraction of sp³-hybridized carbons (Fsp3) is 0.250. The second-order valence-corrected chi connectivity index (χ2v) is 6.93. The summed E-state index contributed by atoms with van der Waals surface area (Å²) in [5, 5.41) is 3.70. The summed E-state index contributed by atoms with van der Waals surface area (Å²) >= 11 is 6.16. The number of carbonyl (C=O) groups excluding carboxylic acids is 2. The van der Waals surface area contributed by atoms with Gasteiger partial charge in [-0.25, -0.2) is 9.88 Å². The second kappa shape index (κ2) is 6.70. The fourth-order valence-electron chi connectivity index (χ4n) is 3.50. The number of para-hydroxylation sites is 2. The molecule has 1 aromatic heterocycles. The number of benzene rings is 2. The standard InChI is InChI=1S/C20H19ClN4O2/c1-3-24-17-9-5-4-8-14(17)22-20(24)23-15-11-18(26)25(19(15)27)16-10-6-7-13(21)12(16)2/h4-10,15H,3,11H2,1-2H3,(H,22,23)/t15-/m0/s1. The summed E-state index contributed by atoms with van der Waals surface area (Å²) in [6.07, 6.45) is 0.0811. The lowest BCUT2D eigenvalue weighted by Crippen LogP contribution is -2.35. The third-order valence-electron chi connectivity index (χ3n) is 4.90. The molecule has 0 radical (unpaired) electrons. The number of nitrogens with zero attached hydrogens (tertiary/aromatic N) is 3. The highest BCUT2D eigenvalue weighted by molar-refractivity contribution is 6.32. The van der Waals surface area contributed by atoms with Crippen LogP contribution in [0.25, 0.3) is 11.0 Å². The molecule has 1 N–H and O–H groups in total. The SMILES string of the molecule is CCn1c(N[C@H]2CC(=O)N(c3cccc(Cl)c3C)C2=O)nc2ccccc21. The Balaban J connectivity index is 1.66. The number of halogens is 1. The summed E-state index contributed by atoms with van der Waals surface area (Å²) in [6.45, 7) is 4.52. The van der Waals surface area contributed by atoms with E-state index < -0.39 is 6.04 Å². The maximum Gasteiger partial charge on any atom is 0.256 e. The summed E-state index contributed by atoms with van der Waals surface area (Å²) in [7, 11) is 0. The molecule has 4 rings (SSSR count). The minimum Gasteiger partial charge on any atom is -0.343 e. The summed E-state index contributed by atoms with van der Waals surface area (Å²) in [5.74, 6) is 0.0524. The van der Waals surface area contributed by atoms with Crippen molar-refractivity contribution in [3.05, 3.63) is 53.1 Å². The molecule has 2 heterocycles. The van der Waals surface area contributed by atoms with Gasteiger partial charge in [0.05, 0.1) is 23.1 Å². The van der Waals surface area contributed by atoms with Gasteiger partial charge < -0.3 is 9.88 Å². The van der Waals surface area contributed by atoms with Crippen LogP contribution < -0.4 is 10.2 Å². The number of anilines is 2. The molecule has 1 fully saturated rings. The van der Waals surface area contributed by atoms with E-state index in [1.807, 2.05) is 35.8 Å². The Bertz CT molecular complexity index is 1060. The summed E-state index contributed by atoms with van der Waals surface area (Å²) in [4.78, 5) is 31.3. The molecule has 2 amide bonds. The number of hydrogen-bond donors (Lipinski definition) is 1. The molecule has 27 heavy (non-hydrogen) atoms. The van der Waals surface area contributed by atoms with Crippen LogP contribution in [0.15, 0.2) is 42.5 Å². The number of rotatable bonds is 4. The lowest BCUT2D eigenvalue weighted by atomic mass is 10.2. The predicted octanol–water partition coefficient (Wildman–Crippen LogP) is 3.76. The largest absolute Gasteiger partial charge is 0.343 e. The van der Waals surface area contributed by atoms with Crippen molar-refractivity contribution in [2.45, 2.75) is 32.9 Å². The van der Waals surface area contributed by atoms with Crippen molar-refractivity contribution in [3.63, 3.8) is 0 Å². The smallest absolute Gasteiger partial charge is 0.256 e. The zero-order chi connectivity index (χ0) is 19.1. The highest BCUT2D eigenvalue weighted by Crippen LogP contribution is 2.31. The van der Waals surface area contributed by atoms with Crippen molar-refractivity contribution in [2.24, 2.45) is 0 Å². The van der Waals surface area contributed by atoms with Gasteiger partial charge in [-0.15, -0.1) is 0 Å². The number of fused-ring (bicyclic) bond motifs is 1. The summed E-state index contributed by atoms with van der Waals surface area (Å²) < 4.78 is 2.00. The molecular weight excluding hydrogens is 364 g/mol. The maximum absolute atomic E-state index is 13.0. The first-order valence-corrected chi connectivity index (χ1v) is 9.22. The first kappa shape index (κ1) is 17.5. The monoisotopic (exact) mass is 382 g/mol. The molecule has 2 aromatic carbocycles. The number of aryl methyl sites for hydroxylation is 1. The molecule has 0 unspecified atom stereocenters. The molecular formula is C20H19ClN4O2. The van der Waals surface area contributed by atoms with Gasteiger partial charge >= 0.3 is 0 Å². The van der Waals surface area contributed by atoms with E-state index in [1.54, 1.807) is 25.1 Å². The van der Waals surface area contributed by atoms with Crippen molar-refractivity contribution in [1.29, 1.82) is 0 Å².